The minimum atomic E-state index is -0.428. The van der Waals surface area contributed by atoms with Gasteiger partial charge < -0.3 is 9.88 Å². The number of benzene rings is 1. The molecule has 7 nitrogen and oxygen atoms in total. The van der Waals surface area contributed by atoms with E-state index in [9.17, 15) is 14.0 Å². The molecule has 0 spiro atoms. The van der Waals surface area contributed by atoms with Gasteiger partial charge in [-0.2, -0.15) is 0 Å². The summed E-state index contributed by atoms with van der Waals surface area (Å²) in [5.74, 6) is -0.0381. The van der Waals surface area contributed by atoms with Crippen molar-refractivity contribution in [3.8, 4) is 0 Å². The van der Waals surface area contributed by atoms with Crippen molar-refractivity contribution in [2.75, 3.05) is 19.6 Å². The van der Waals surface area contributed by atoms with Gasteiger partial charge in [-0.05, 0) is 42.7 Å². The number of halogens is 1. The molecular weight excluding hydrogens is 409 g/mol. The van der Waals surface area contributed by atoms with E-state index in [1.54, 1.807) is 17.2 Å². The number of rotatable bonds is 4. The number of H-pyrrole nitrogens is 1. The van der Waals surface area contributed by atoms with Crippen LogP contribution in [0.2, 0.25) is 0 Å². The molecule has 1 N–H and O–H groups in total. The van der Waals surface area contributed by atoms with E-state index in [0.717, 1.165) is 29.9 Å². The third-order valence-electron chi connectivity index (χ3n) is 6.23. The lowest BCUT2D eigenvalue weighted by molar-refractivity contribution is 0.0790. The van der Waals surface area contributed by atoms with Crippen LogP contribution in [0.3, 0.4) is 0 Å². The molecule has 2 aromatic heterocycles. The van der Waals surface area contributed by atoms with E-state index < -0.39 is 5.82 Å². The SMILES string of the molecule is O=C(c1cccc(F)c1)N1CCC(c2nc3c(c(=O)[nH]2)CCN(Cc2cccnc2)C3)C1. The van der Waals surface area contributed by atoms with Gasteiger partial charge in [-0.3, -0.25) is 19.5 Å². The Morgan fingerprint density at radius 2 is 2.12 bits per heavy atom. The average Bonchev–Trinajstić information content (AvgIpc) is 3.29. The van der Waals surface area contributed by atoms with Crippen molar-refractivity contribution in [2.24, 2.45) is 0 Å². The molecule has 3 aromatic rings. The molecule has 4 heterocycles. The molecule has 1 aromatic carbocycles. The van der Waals surface area contributed by atoms with Gasteiger partial charge in [0.2, 0.25) is 0 Å². The summed E-state index contributed by atoms with van der Waals surface area (Å²) in [4.78, 5) is 41.4. The summed E-state index contributed by atoms with van der Waals surface area (Å²) >= 11 is 0. The van der Waals surface area contributed by atoms with Gasteiger partial charge in [0.25, 0.3) is 11.5 Å². The summed E-state index contributed by atoms with van der Waals surface area (Å²) in [7, 11) is 0. The average molecular weight is 433 g/mol. The molecular formula is C24H24FN5O2. The minimum absolute atomic E-state index is 0.0424. The fourth-order valence-corrected chi connectivity index (χ4v) is 4.56. The van der Waals surface area contributed by atoms with Gasteiger partial charge in [0.1, 0.15) is 11.6 Å². The molecule has 0 saturated carbocycles. The van der Waals surface area contributed by atoms with Crippen molar-refractivity contribution >= 4 is 5.91 Å². The van der Waals surface area contributed by atoms with Crippen LogP contribution in [0, 0.1) is 5.82 Å². The number of likely N-dealkylation sites (tertiary alicyclic amines) is 1. The van der Waals surface area contributed by atoms with E-state index in [2.05, 4.69) is 14.9 Å². The van der Waals surface area contributed by atoms with Crippen LogP contribution in [0.25, 0.3) is 0 Å². The van der Waals surface area contributed by atoms with Crippen LogP contribution in [0.4, 0.5) is 4.39 Å². The molecule has 0 aliphatic carbocycles. The topological polar surface area (TPSA) is 82.2 Å². The smallest absolute Gasteiger partial charge is 0.254 e. The fourth-order valence-electron chi connectivity index (χ4n) is 4.56. The van der Waals surface area contributed by atoms with Crippen LogP contribution in [0.15, 0.2) is 53.6 Å². The van der Waals surface area contributed by atoms with Crippen molar-refractivity contribution in [1.82, 2.24) is 24.8 Å². The first-order valence-electron chi connectivity index (χ1n) is 10.8. The molecule has 1 fully saturated rings. The zero-order valence-corrected chi connectivity index (χ0v) is 17.6. The summed E-state index contributed by atoms with van der Waals surface area (Å²) in [6, 6.07) is 9.70. The highest BCUT2D eigenvalue weighted by molar-refractivity contribution is 5.94. The third kappa shape index (κ3) is 4.18. The maximum atomic E-state index is 13.5. The summed E-state index contributed by atoms with van der Waals surface area (Å²) in [6.45, 7) is 3.17. The van der Waals surface area contributed by atoms with Crippen molar-refractivity contribution in [3.05, 3.63) is 93.2 Å². The first-order valence-corrected chi connectivity index (χ1v) is 10.8. The molecule has 0 bridgehead atoms. The Labute approximate surface area is 184 Å². The molecule has 2 aliphatic heterocycles. The standard InChI is InChI=1S/C24H24FN5O2/c25-19-5-1-4-17(11-19)24(32)30-10-6-18(14-30)22-27-21-15-29(9-7-20(21)23(31)28-22)13-16-3-2-8-26-12-16/h1-5,8,11-12,18H,6-7,9-10,13-15H2,(H,27,28,31). The Bertz CT molecular complexity index is 1200. The molecule has 5 rings (SSSR count). The maximum absolute atomic E-state index is 13.5. The number of hydrogen-bond donors (Lipinski definition) is 1. The van der Waals surface area contributed by atoms with Crippen LogP contribution in [0.1, 0.15) is 45.3 Å². The van der Waals surface area contributed by atoms with Crippen molar-refractivity contribution in [2.45, 2.75) is 31.8 Å². The van der Waals surface area contributed by atoms with E-state index >= 15 is 0 Å². The second-order valence-electron chi connectivity index (χ2n) is 8.45. The van der Waals surface area contributed by atoms with E-state index in [4.69, 9.17) is 4.98 Å². The van der Waals surface area contributed by atoms with Gasteiger partial charge >= 0.3 is 0 Å². The van der Waals surface area contributed by atoms with Gasteiger partial charge in [-0.1, -0.05) is 12.1 Å². The first-order chi connectivity index (χ1) is 15.6. The molecule has 1 amide bonds. The quantitative estimate of drug-likeness (QED) is 0.684. The maximum Gasteiger partial charge on any atom is 0.254 e. The van der Waals surface area contributed by atoms with Crippen molar-refractivity contribution in [1.29, 1.82) is 0 Å². The number of carbonyl (C=O) groups is 1. The number of amides is 1. The van der Waals surface area contributed by atoms with E-state index in [1.807, 2.05) is 18.3 Å². The fraction of sp³-hybridized carbons (Fsp3) is 0.333. The van der Waals surface area contributed by atoms with Crippen LogP contribution >= 0.6 is 0 Å². The van der Waals surface area contributed by atoms with Crippen LogP contribution in [-0.4, -0.2) is 50.3 Å². The minimum Gasteiger partial charge on any atom is -0.338 e. The lowest BCUT2D eigenvalue weighted by Crippen LogP contribution is -2.36. The summed E-state index contributed by atoms with van der Waals surface area (Å²) in [5, 5.41) is 0. The Kier molecular flexibility index (Phi) is 5.53. The molecule has 1 unspecified atom stereocenters. The van der Waals surface area contributed by atoms with Gasteiger partial charge in [0.05, 0.1) is 5.69 Å². The largest absolute Gasteiger partial charge is 0.338 e. The number of pyridine rings is 1. The number of carbonyl (C=O) groups excluding carboxylic acids is 1. The van der Waals surface area contributed by atoms with E-state index in [-0.39, 0.29) is 17.4 Å². The number of nitrogens with one attached hydrogen (secondary N) is 1. The Morgan fingerprint density at radius 3 is 2.94 bits per heavy atom. The Balaban J connectivity index is 1.31. The highest BCUT2D eigenvalue weighted by atomic mass is 19.1. The van der Waals surface area contributed by atoms with Gasteiger partial charge in [0.15, 0.2) is 0 Å². The van der Waals surface area contributed by atoms with Crippen LogP contribution in [-0.2, 0) is 19.5 Å². The third-order valence-corrected chi connectivity index (χ3v) is 6.23. The summed E-state index contributed by atoms with van der Waals surface area (Å²) in [6.07, 6.45) is 4.98. The molecule has 2 aliphatic rings. The van der Waals surface area contributed by atoms with Crippen molar-refractivity contribution in [3.63, 3.8) is 0 Å². The van der Waals surface area contributed by atoms with E-state index in [1.165, 1.54) is 18.2 Å². The number of hydrogen-bond acceptors (Lipinski definition) is 5. The highest BCUT2D eigenvalue weighted by Gasteiger charge is 2.31. The van der Waals surface area contributed by atoms with Gasteiger partial charge in [-0.15, -0.1) is 0 Å². The number of nitrogens with zero attached hydrogens (tertiary/aromatic N) is 4. The predicted octanol–water partition coefficient (Wildman–Crippen LogP) is 2.49. The monoisotopic (exact) mass is 433 g/mol. The molecule has 32 heavy (non-hydrogen) atoms. The molecule has 164 valence electrons. The van der Waals surface area contributed by atoms with Crippen LogP contribution in [0.5, 0.6) is 0 Å². The molecule has 1 atom stereocenters. The predicted molar refractivity (Wildman–Crippen MR) is 117 cm³/mol. The zero-order valence-electron chi connectivity index (χ0n) is 17.6. The molecule has 8 heteroatoms. The lowest BCUT2D eigenvalue weighted by Gasteiger charge is -2.28. The van der Waals surface area contributed by atoms with Gasteiger partial charge in [-0.25, -0.2) is 9.37 Å². The Morgan fingerprint density at radius 1 is 1.22 bits per heavy atom. The molecule has 1 saturated heterocycles. The Hall–Kier alpha value is -3.39. The number of aromatic nitrogens is 3. The number of fused-ring (bicyclic) bond motifs is 1. The second kappa shape index (κ2) is 8.63. The van der Waals surface area contributed by atoms with Gasteiger partial charge in [0, 0.05) is 62.2 Å². The zero-order chi connectivity index (χ0) is 22.1. The molecule has 0 radical (unpaired) electrons. The van der Waals surface area contributed by atoms with Crippen molar-refractivity contribution < 1.29 is 9.18 Å². The second-order valence-corrected chi connectivity index (χ2v) is 8.45. The normalized spacial score (nSPS) is 18.5. The van der Waals surface area contributed by atoms with E-state index in [0.29, 0.717) is 43.9 Å². The lowest BCUT2D eigenvalue weighted by atomic mass is 10.0. The first kappa shape index (κ1) is 20.5. The number of aromatic amines is 1. The summed E-state index contributed by atoms with van der Waals surface area (Å²) < 4.78 is 13.5. The summed E-state index contributed by atoms with van der Waals surface area (Å²) in [5.41, 5.74) is 2.95. The van der Waals surface area contributed by atoms with Crippen LogP contribution < -0.4 is 5.56 Å². The highest BCUT2D eigenvalue weighted by Crippen LogP contribution is 2.27.